The number of hydrogen-bond acceptors (Lipinski definition) is 4. The molecule has 144 valence electrons. The van der Waals surface area contributed by atoms with Crippen molar-refractivity contribution in [1.82, 2.24) is 9.13 Å². The number of carbonyl (C=O) groups excluding carboxylic acids is 1. The molecule has 1 aromatic heterocycles. The molecule has 0 N–H and O–H groups in total. The van der Waals surface area contributed by atoms with E-state index in [1.54, 1.807) is 0 Å². The van der Waals surface area contributed by atoms with Crippen LogP contribution >= 0.6 is 0 Å². The van der Waals surface area contributed by atoms with Gasteiger partial charge >= 0.3 is 5.69 Å². The molecule has 1 aliphatic rings. The van der Waals surface area contributed by atoms with Crippen molar-refractivity contribution >= 4 is 11.6 Å². The van der Waals surface area contributed by atoms with Gasteiger partial charge in [0.25, 0.3) is 11.5 Å². The van der Waals surface area contributed by atoms with Gasteiger partial charge in [-0.25, -0.2) is 13.8 Å². The minimum absolute atomic E-state index is 0.138. The highest BCUT2D eigenvalue weighted by molar-refractivity contribution is 5.98. The van der Waals surface area contributed by atoms with Gasteiger partial charge in [0, 0.05) is 30.9 Å². The average molecular weight is 375 g/mol. The van der Waals surface area contributed by atoms with E-state index in [0.717, 1.165) is 10.6 Å². The number of aryl methyl sites for hydroxylation is 1. The van der Waals surface area contributed by atoms with E-state index in [0.29, 0.717) is 24.2 Å². The second-order valence-corrected chi connectivity index (χ2v) is 6.59. The summed E-state index contributed by atoms with van der Waals surface area (Å²) < 4.78 is 22.2. The number of halogens is 1. The van der Waals surface area contributed by atoms with Crippen LogP contribution in [-0.2, 0) is 18.3 Å². The topological polar surface area (TPSA) is 73.5 Å². The molecule has 0 saturated carbocycles. The Morgan fingerprint density at radius 2 is 1.85 bits per heavy atom. The number of fused-ring (bicyclic) bond motifs is 1. The molecule has 0 aliphatic carbocycles. The standard InChI is InChI=1S/C19H22FN3O4/c1-5-11(3)22-15-9-14(13(20)8-16(15)27-10-18(22)25)23-17(24)7-12(6-2)21(4)19(23)26/h7-9,11H,5-6,10H2,1-4H3. The van der Waals surface area contributed by atoms with E-state index in [-0.39, 0.29) is 30.0 Å². The lowest BCUT2D eigenvalue weighted by Crippen LogP contribution is -2.44. The van der Waals surface area contributed by atoms with E-state index < -0.39 is 17.1 Å². The Kier molecular flexibility index (Phi) is 4.91. The minimum atomic E-state index is -0.768. The smallest absolute Gasteiger partial charge is 0.335 e. The maximum atomic E-state index is 14.8. The Morgan fingerprint density at radius 3 is 2.48 bits per heavy atom. The zero-order valence-corrected chi connectivity index (χ0v) is 15.8. The number of nitrogens with zero attached hydrogens (tertiary/aromatic N) is 3. The Bertz CT molecular complexity index is 1020. The van der Waals surface area contributed by atoms with Crippen molar-refractivity contribution in [1.29, 1.82) is 0 Å². The van der Waals surface area contributed by atoms with Crippen molar-refractivity contribution in [2.75, 3.05) is 11.5 Å². The Hall–Kier alpha value is -2.90. The lowest BCUT2D eigenvalue weighted by atomic mass is 10.1. The third-order valence-corrected chi connectivity index (χ3v) is 4.96. The predicted octanol–water partition coefficient (Wildman–Crippen LogP) is 1.76. The number of anilines is 1. The molecule has 0 saturated heterocycles. The first kappa shape index (κ1) is 18.9. The predicted molar refractivity (Wildman–Crippen MR) is 99.4 cm³/mol. The number of benzene rings is 1. The van der Waals surface area contributed by atoms with E-state index in [2.05, 4.69) is 0 Å². The summed E-state index contributed by atoms with van der Waals surface area (Å²) >= 11 is 0. The van der Waals surface area contributed by atoms with Crippen molar-refractivity contribution < 1.29 is 13.9 Å². The van der Waals surface area contributed by atoms with Crippen LogP contribution < -0.4 is 20.9 Å². The molecule has 1 aliphatic heterocycles. The molecule has 3 rings (SSSR count). The summed E-state index contributed by atoms with van der Waals surface area (Å²) in [6.45, 7) is 5.45. The molecule has 0 radical (unpaired) electrons. The van der Waals surface area contributed by atoms with Gasteiger partial charge in [0.15, 0.2) is 12.4 Å². The Morgan fingerprint density at radius 1 is 1.15 bits per heavy atom. The van der Waals surface area contributed by atoms with Crippen LogP contribution in [0.25, 0.3) is 5.69 Å². The van der Waals surface area contributed by atoms with E-state index in [4.69, 9.17) is 4.74 Å². The van der Waals surface area contributed by atoms with Crippen LogP contribution in [0, 0.1) is 5.82 Å². The summed E-state index contributed by atoms with van der Waals surface area (Å²) in [6.07, 6.45) is 1.18. The number of carbonyl (C=O) groups is 1. The Labute approximate surface area is 155 Å². The average Bonchev–Trinajstić information content (AvgIpc) is 2.64. The maximum Gasteiger partial charge on any atom is 0.335 e. The molecule has 0 bridgehead atoms. The molecule has 2 aromatic rings. The fourth-order valence-electron chi connectivity index (χ4n) is 3.25. The molecule has 1 atom stereocenters. The van der Waals surface area contributed by atoms with Gasteiger partial charge in [0.1, 0.15) is 5.75 Å². The van der Waals surface area contributed by atoms with Crippen LogP contribution in [0.4, 0.5) is 10.1 Å². The van der Waals surface area contributed by atoms with Crippen molar-refractivity contribution in [2.45, 2.75) is 39.7 Å². The second-order valence-electron chi connectivity index (χ2n) is 6.59. The molecular weight excluding hydrogens is 353 g/mol. The van der Waals surface area contributed by atoms with Crippen molar-refractivity contribution in [3.63, 3.8) is 0 Å². The van der Waals surface area contributed by atoms with E-state index >= 15 is 0 Å². The molecule has 1 amide bonds. The zero-order valence-electron chi connectivity index (χ0n) is 15.8. The lowest BCUT2D eigenvalue weighted by molar-refractivity contribution is -0.121. The molecule has 2 heterocycles. The first-order valence-electron chi connectivity index (χ1n) is 8.90. The van der Waals surface area contributed by atoms with Crippen LogP contribution in [-0.4, -0.2) is 27.7 Å². The van der Waals surface area contributed by atoms with Crippen LogP contribution in [0.5, 0.6) is 5.75 Å². The molecule has 0 spiro atoms. The molecule has 7 nitrogen and oxygen atoms in total. The van der Waals surface area contributed by atoms with Gasteiger partial charge in [0.05, 0.1) is 11.4 Å². The SMILES string of the molecule is CCc1cc(=O)n(-c2cc3c(cc2F)OCC(=O)N3C(C)CC)c(=O)n1C. The summed E-state index contributed by atoms with van der Waals surface area (Å²) in [4.78, 5) is 39.0. The highest BCUT2D eigenvalue weighted by Crippen LogP contribution is 2.36. The third-order valence-electron chi connectivity index (χ3n) is 4.96. The number of rotatable bonds is 4. The third kappa shape index (κ3) is 3.05. The number of aromatic nitrogens is 2. The first-order chi connectivity index (χ1) is 12.8. The maximum absolute atomic E-state index is 14.8. The number of amides is 1. The van der Waals surface area contributed by atoms with Crippen LogP contribution in [0.2, 0.25) is 0 Å². The summed E-state index contributed by atoms with van der Waals surface area (Å²) in [6, 6.07) is 3.63. The van der Waals surface area contributed by atoms with E-state index in [1.807, 2.05) is 20.8 Å². The van der Waals surface area contributed by atoms with Gasteiger partial charge in [-0.2, -0.15) is 0 Å². The molecular formula is C19H22FN3O4. The van der Waals surface area contributed by atoms with Gasteiger partial charge in [-0.05, 0) is 25.8 Å². The van der Waals surface area contributed by atoms with Gasteiger partial charge in [-0.15, -0.1) is 0 Å². The molecule has 8 heteroatoms. The summed E-state index contributed by atoms with van der Waals surface area (Å²) in [5, 5.41) is 0. The molecule has 1 unspecified atom stereocenters. The van der Waals surface area contributed by atoms with E-state index in [9.17, 15) is 18.8 Å². The summed E-state index contributed by atoms with van der Waals surface area (Å²) in [5.74, 6) is -0.808. The van der Waals surface area contributed by atoms with E-state index in [1.165, 1.54) is 28.6 Å². The fraction of sp³-hybridized carbons (Fsp3) is 0.421. The lowest BCUT2D eigenvalue weighted by Gasteiger charge is -2.34. The van der Waals surface area contributed by atoms with Crippen LogP contribution in [0.1, 0.15) is 32.9 Å². The minimum Gasteiger partial charge on any atom is -0.481 e. The van der Waals surface area contributed by atoms with Crippen LogP contribution in [0.3, 0.4) is 0 Å². The van der Waals surface area contributed by atoms with Crippen LogP contribution in [0.15, 0.2) is 27.8 Å². The van der Waals surface area contributed by atoms with Crippen molar-refractivity contribution in [3.05, 3.63) is 50.5 Å². The first-order valence-corrected chi connectivity index (χ1v) is 8.90. The van der Waals surface area contributed by atoms with Gasteiger partial charge < -0.3 is 14.2 Å². The summed E-state index contributed by atoms with van der Waals surface area (Å²) in [5.41, 5.74) is -0.554. The zero-order chi connectivity index (χ0) is 19.9. The molecule has 27 heavy (non-hydrogen) atoms. The monoisotopic (exact) mass is 375 g/mol. The van der Waals surface area contributed by atoms with Gasteiger partial charge in [0.2, 0.25) is 0 Å². The Balaban J connectivity index is 2.28. The van der Waals surface area contributed by atoms with Crippen molar-refractivity contribution in [2.24, 2.45) is 7.05 Å². The largest absolute Gasteiger partial charge is 0.481 e. The van der Waals surface area contributed by atoms with Gasteiger partial charge in [-0.1, -0.05) is 13.8 Å². The molecule has 0 fully saturated rings. The normalized spacial score (nSPS) is 14.7. The highest BCUT2D eigenvalue weighted by Gasteiger charge is 2.31. The summed E-state index contributed by atoms with van der Waals surface area (Å²) in [7, 11) is 1.53. The quantitative estimate of drug-likeness (QED) is 0.816. The number of hydrogen-bond donors (Lipinski definition) is 0. The number of ether oxygens (including phenoxy) is 1. The molecule has 1 aromatic carbocycles. The van der Waals surface area contributed by atoms with Gasteiger partial charge in [-0.3, -0.25) is 9.59 Å². The fourth-order valence-corrected chi connectivity index (χ4v) is 3.25. The van der Waals surface area contributed by atoms with Crippen molar-refractivity contribution in [3.8, 4) is 11.4 Å². The second kappa shape index (κ2) is 7.02. The highest BCUT2D eigenvalue weighted by atomic mass is 19.1.